The summed E-state index contributed by atoms with van der Waals surface area (Å²) in [5, 5.41) is 0.735. The van der Waals surface area contributed by atoms with Gasteiger partial charge in [-0.25, -0.2) is 0 Å². The highest BCUT2D eigenvalue weighted by molar-refractivity contribution is 6.30. The van der Waals surface area contributed by atoms with Crippen molar-refractivity contribution in [3.63, 3.8) is 0 Å². The summed E-state index contributed by atoms with van der Waals surface area (Å²) in [6.07, 6.45) is 0. The lowest BCUT2D eigenvalue weighted by molar-refractivity contribution is 0.0535. The second-order valence-electron chi connectivity index (χ2n) is 6.76. The number of carbonyl (C=O) groups excluding carboxylic acids is 2. The van der Waals surface area contributed by atoms with Gasteiger partial charge in [0.25, 0.3) is 11.8 Å². The lowest BCUT2D eigenvalue weighted by Crippen LogP contribution is -2.51. The molecule has 2 amide bonds. The molecule has 0 atom stereocenters. The molecular formula is C20H20ClN3O2. The summed E-state index contributed by atoms with van der Waals surface area (Å²) >= 11 is 6.14. The van der Waals surface area contributed by atoms with Gasteiger partial charge in [0.15, 0.2) is 0 Å². The van der Waals surface area contributed by atoms with E-state index in [0.29, 0.717) is 17.8 Å². The van der Waals surface area contributed by atoms with Gasteiger partial charge in [0.2, 0.25) is 0 Å². The molecule has 0 bridgehead atoms. The van der Waals surface area contributed by atoms with Crippen LogP contribution in [0.25, 0.3) is 0 Å². The molecule has 2 aromatic carbocycles. The number of halogens is 1. The average molecular weight is 370 g/mol. The minimum atomic E-state index is -0.196. The molecular weight excluding hydrogens is 350 g/mol. The standard InChI is InChI=1S/C20H20ClN3O2/c1-14-6-7-15(21)12-18(14)23-10-8-22(9-11-23)13-24-19(25)16-4-2-3-5-17(16)20(24)26/h2-7,12H,8-11,13H2,1H3. The number of anilines is 1. The summed E-state index contributed by atoms with van der Waals surface area (Å²) < 4.78 is 0. The van der Waals surface area contributed by atoms with Crippen LogP contribution in [0.5, 0.6) is 0 Å². The van der Waals surface area contributed by atoms with E-state index in [0.717, 1.165) is 36.9 Å². The minimum Gasteiger partial charge on any atom is -0.369 e. The number of fused-ring (bicyclic) bond motifs is 1. The van der Waals surface area contributed by atoms with Crippen molar-refractivity contribution in [3.05, 3.63) is 64.2 Å². The van der Waals surface area contributed by atoms with Crippen LogP contribution in [0.4, 0.5) is 5.69 Å². The smallest absolute Gasteiger partial charge is 0.262 e. The molecule has 0 spiro atoms. The van der Waals surface area contributed by atoms with Crippen LogP contribution in [0.15, 0.2) is 42.5 Å². The largest absolute Gasteiger partial charge is 0.369 e. The molecule has 134 valence electrons. The van der Waals surface area contributed by atoms with Crippen molar-refractivity contribution in [1.82, 2.24) is 9.80 Å². The van der Waals surface area contributed by atoms with Gasteiger partial charge in [-0.2, -0.15) is 0 Å². The zero-order chi connectivity index (χ0) is 18.3. The van der Waals surface area contributed by atoms with E-state index in [2.05, 4.69) is 16.7 Å². The van der Waals surface area contributed by atoms with E-state index < -0.39 is 0 Å². The summed E-state index contributed by atoms with van der Waals surface area (Å²) in [5.74, 6) is -0.391. The van der Waals surface area contributed by atoms with E-state index in [1.165, 1.54) is 10.5 Å². The topological polar surface area (TPSA) is 43.9 Å². The number of carbonyl (C=O) groups is 2. The van der Waals surface area contributed by atoms with Crippen LogP contribution in [0.1, 0.15) is 26.3 Å². The fourth-order valence-corrected chi connectivity index (χ4v) is 3.79. The lowest BCUT2D eigenvalue weighted by Gasteiger charge is -2.38. The zero-order valence-corrected chi connectivity index (χ0v) is 15.4. The van der Waals surface area contributed by atoms with Crippen molar-refractivity contribution in [3.8, 4) is 0 Å². The number of aryl methyl sites for hydroxylation is 1. The maximum absolute atomic E-state index is 12.5. The number of rotatable bonds is 3. The Labute approximate surface area is 157 Å². The third kappa shape index (κ3) is 2.97. The van der Waals surface area contributed by atoms with Gasteiger partial charge in [-0.1, -0.05) is 29.8 Å². The van der Waals surface area contributed by atoms with Gasteiger partial charge in [-0.15, -0.1) is 0 Å². The number of imide groups is 1. The Balaban J connectivity index is 1.41. The zero-order valence-electron chi connectivity index (χ0n) is 14.6. The molecule has 2 aliphatic heterocycles. The predicted octanol–water partition coefficient (Wildman–Crippen LogP) is 3.02. The average Bonchev–Trinajstić information content (AvgIpc) is 2.90. The summed E-state index contributed by atoms with van der Waals surface area (Å²) in [7, 11) is 0. The molecule has 2 heterocycles. The van der Waals surface area contributed by atoms with Crippen LogP contribution in [0, 0.1) is 6.92 Å². The van der Waals surface area contributed by atoms with Crippen molar-refractivity contribution >= 4 is 29.1 Å². The van der Waals surface area contributed by atoms with Gasteiger partial charge in [0, 0.05) is 36.9 Å². The molecule has 0 radical (unpaired) electrons. The molecule has 0 aromatic heterocycles. The Bertz CT molecular complexity index is 840. The first-order valence-corrected chi connectivity index (χ1v) is 9.11. The third-order valence-electron chi connectivity index (χ3n) is 5.10. The minimum absolute atomic E-state index is 0.196. The molecule has 2 aromatic rings. The SMILES string of the molecule is Cc1ccc(Cl)cc1N1CCN(CN2C(=O)c3ccccc3C2=O)CC1. The first-order chi connectivity index (χ1) is 12.5. The predicted molar refractivity (Wildman–Crippen MR) is 102 cm³/mol. The highest BCUT2D eigenvalue weighted by Gasteiger charge is 2.36. The third-order valence-corrected chi connectivity index (χ3v) is 5.34. The number of hydrogen-bond acceptors (Lipinski definition) is 4. The molecule has 0 aliphatic carbocycles. The van der Waals surface area contributed by atoms with Crippen molar-refractivity contribution in [2.24, 2.45) is 0 Å². The fourth-order valence-electron chi connectivity index (χ4n) is 3.62. The highest BCUT2D eigenvalue weighted by Crippen LogP contribution is 2.26. The normalized spacial score (nSPS) is 17.8. The Kier molecular flexibility index (Phi) is 4.42. The summed E-state index contributed by atoms with van der Waals surface area (Å²) in [6.45, 7) is 5.68. The van der Waals surface area contributed by atoms with Crippen LogP contribution in [-0.4, -0.2) is 54.5 Å². The molecule has 1 saturated heterocycles. The number of amides is 2. The molecule has 5 nitrogen and oxygen atoms in total. The maximum Gasteiger partial charge on any atom is 0.262 e. The molecule has 1 fully saturated rings. The second kappa shape index (κ2) is 6.74. The van der Waals surface area contributed by atoms with Crippen LogP contribution < -0.4 is 4.90 Å². The van der Waals surface area contributed by atoms with Gasteiger partial charge in [0.1, 0.15) is 0 Å². The van der Waals surface area contributed by atoms with Crippen molar-refractivity contribution in [1.29, 1.82) is 0 Å². The van der Waals surface area contributed by atoms with Gasteiger partial charge < -0.3 is 4.90 Å². The fraction of sp³-hybridized carbons (Fsp3) is 0.300. The Morgan fingerprint density at radius 1 is 0.923 bits per heavy atom. The number of hydrogen-bond donors (Lipinski definition) is 0. The van der Waals surface area contributed by atoms with Crippen molar-refractivity contribution in [2.75, 3.05) is 37.7 Å². The summed E-state index contributed by atoms with van der Waals surface area (Å²) in [6, 6.07) is 12.9. The number of benzene rings is 2. The van der Waals surface area contributed by atoms with Crippen LogP contribution >= 0.6 is 11.6 Å². The van der Waals surface area contributed by atoms with Crippen LogP contribution in [0.2, 0.25) is 5.02 Å². The van der Waals surface area contributed by atoms with Crippen molar-refractivity contribution < 1.29 is 9.59 Å². The van der Waals surface area contributed by atoms with E-state index in [4.69, 9.17) is 11.6 Å². The van der Waals surface area contributed by atoms with E-state index in [1.54, 1.807) is 24.3 Å². The Hall–Kier alpha value is -2.37. The van der Waals surface area contributed by atoms with Crippen LogP contribution in [-0.2, 0) is 0 Å². The number of nitrogens with zero attached hydrogens (tertiary/aromatic N) is 3. The van der Waals surface area contributed by atoms with E-state index >= 15 is 0 Å². The molecule has 0 N–H and O–H groups in total. The molecule has 4 rings (SSSR count). The van der Waals surface area contributed by atoms with E-state index in [9.17, 15) is 9.59 Å². The first kappa shape index (κ1) is 17.1. The molecule has 6 heteroatoms. The lowest BCUT2D eigenvalue weighted by atomic mass is 10.1. The number of piperazine rings is 1. The molecule has 26 heavy (non-hydrogen) atoms. The first-order valence-electron chi connectivity index (χ1n) is 8.73. The summed E-state index contributed by atoms with van der Waals surface area (Å²) in [5.41, 5.74) is 3.36. The highest BCUT2D eigenvalue weighted by atomic mass is 35.5. The molecule has 2 aliphatic rings. The quantitative estimate of drug-likeness (QED) is 0.780. The van der Waals surface area contributed by atoms with Gasteiger partial charge in [-0.3, -0.25) is 19.4 Å². The van der Waals surface area contributed by atoms with Crippen LogP contribution in [0.3, 0.4) is 0 Å². The summed E-state index contributed by atoms with van der Waals surface area (Å²) in [4.78, 5) is 30.8. The second-order valence-corrected chi connectivity index (χ2v) is 7.20. The van der Waals surface area contributed by atoms with Gasteiger partial charge in [0.05, 0.1) is 17.8 Å². The van der Waals surface area contributed by atoms with E-state index in [1.807, 2.05) is 18.2 Å². The van der Waals surface area contributed by atoms with Gasteiger partial charge in [-0.05, 0) is 36.8 Å². The van der Waals surface area contributed by atoms with E-state index in [-0.39, 0.29) is 11.8 Å². The van der Waals surface area contributed by atoms with Gasteiger partial charge >= 0.3 is 0 Å². The molecule has 0 unspecified atom stereocenters. The molecule has 0 saturated carbocycles. The Morgan fingerprint density at radius 3 is 2.15 bits per heavy atom. The maximum atomic E-state index is 12.5. The monoisotopic (exact) mass is 369 g/mol. The Morgan fingerprint density at radius 2 is 1.54 bits per heavy atom. The van der Waals surface area contributed by atoms with Crippen molar-refractivity contribution in [2.45, 2.75) is 6.92 Å².